The maximum absolute atomic E-state index is 5.36. The normalized spacial score (nSPS) is 10.3. The van der Waals surface area contributed by atoms with Gasteiger partial charge in [-0.05, 0) is 11.6 Å². The molecule has 0 N–H and O–H groups in total. The van der Waals surface area contributed by atoms with Crippen molar-refractivity contribution in [1.82, 2.24) is 0 Å². The van der Waals surface area contributed by atoms with E-state index in [0.29, 0.717) is 0 Å². The Kier molecular flexibility index (Phi) is 2.34. The highest BCUT2D eigenvalue weighted by Crippen LogP contribution is 2.00. The molecule has 0 aliphatic heterocycles. The van der Waals surface area contributed by atoms with Crippen LogP contribution in [0.5, 0.6) is 0 Å². The van der Waals surface area contributed by atoms with Crippen molar-refractivity contribution in [3.8, 4) is 0 Å². The molecule has 0 heterocycles. The van der Waals surface area contributed by atoms with E-state index in [9.17, 15) is 0 Å². The molecule has 0 aliphatic rings. The lowest BCUT2D eigenvalue weighted by molar-refractivity contribution is 1.66. The molecule has 0 nitrogen and oxygen atoms in total. The average molecular weight is 139 g/mol. The molecule has 0 aliphatic carbocycles. The van der Waals surface area contributed by atoms with Gasteiger partial charge in [0.1, 0.15) is 0 Å². The van der Waals surface area contributed by atoms with Gasteiger partial charge in [0.05, 0.1) is 0 Å². The molecule has 0 bridgehead atoms. The van der Waals surface area contributed by atoms with Crippen LogP contribution in [0.25, 0.3) is 6.08 Å². The highest BCUT2D eigenvalue weighted by atomic mass is 35.5. The van der Waals surface area contributed by atoms with E-state index in [1.54, 1.807) is 0 Å². The molecule has 9 heavy (non-hydrogen) atoms. The van der Waals surface area contributed by atoms with E-state index < -0.39 is 0 Å². The SMILES string of the molecule is Cl[12CH]=Cc1ccccc1. The first-order valence-electron chi connectivity index (χ1n) is 2.75. The predicted molar refractivity (Wildman–Crippen MR) is 41.3 cm³/mol. The van der Waals surface area contributed by atoms with Gasteiger partial charge in [0.15, 0.2) is 0 Å². The Morgan fingerprint density at radius 2 is 1.78 bits per heavy atom. The van der Waals surface area contributed by atoms with Gasteiger partial charge < -0.3 is 0 Å². The molecule has 0 saturated heterocycles. The number of rotatable bonds is 1. The standard InChI is InChI=1S/C8H7Cl/c9-7-6-8-4-2-1-3-5-8/h1-7H/i7+0. The Morgan fingerprint density at radius 3 is 2.33 bits per heavy atom. The number of benzene rings is 1. The molecule has 1 rings (SSSR count). The summed E-state index contributed by atoms with van der Waals surface area (Å²) in [6.45, 7) is 0. The van der Waals surface area contributed by atoms with Crippen molar-refractivity contribution in [3.05, 3.63) is 41.4 Å². The molecule has 0 spiro atoms. The van der Waals surface area contributed by atoms with Crippen LogP contribution in [0.2, 0.25) is 0 Å². The van der Waals surface area contributed by atoms with Crippen molar-refractivity contribution in [1.29, 1.82) is 0 Å². The summed E-state index contributed by atoms with van der Waals surface area (Å²) < 4.78 is 0. The van der Waals surface area contributed by atoms with Crippen LogP contribution >= 0.6 is 11.6 Å². The zero-order chi connectivity index (χ0) is 6.53. The summed E-state index contributed by atoms with van der Waals surface area (Å²) in [7, 11) is 0. The summed E-state index contributed by atoms with van der Waals surface area (Å²) in [5.41, 5.74) is 2.64. The number of hydrogen-bond acceptors (Lipinski definition) is 0. The average Bonchev–Trinajstić information content (AvgIpc) is 1.91. The predicted octanol–water partition coefficient (Wildman–Crippen LogP) is 2.90. The van der Waals surface area contributed by atoms with Crippen molar-refractivity contribution < 1.29 is 0 Å². The van der Waals surface area contributed by atoms with Crippen LogP contribution in [0, 0.1) is 0 Å². The van der Waals surface area contributed by atoms with Gasteiger partial charge >= 0.3 is 0 Å². The maximum atomic E-state index is 5.36. The van der Waals surface area contributed by atoms with Gasteiger partial charge in [0.25, 0.3) is 0 Å². The van der Waals surface area contributed by atoms with Crippen molar-refractivity contribution in [2.45, 2.75) is 0 Å². The smallest absolute Gasteiger partial charge is 0.00484 e. The molecule has 0 fully saturated rings. The molecular formula is C8H7Cl. The fraction of sp³-hybridized carbons (Fsp3) is 0. The van der Waals surface area contributed by atoms with Crippen molar-refractivity contribution >= 4 is 17.7 Å². The van der Waals surface area contributed by atoms with Gasteiger partial charge in [-0.15, -0.1) is 0 Å². The van der Waals surface area contributed by atoms with E-state index >= 15 is 0 Å². The van der Waals surface area contributed by atoms with E-state index in [1.807, 2.05) is 36.4 Å². The lowest BCUT2D eigenvalue weighted by Gasteiger charge is -1.86. The van der Waals surface area contributed by atoms with Crippen LogP contribution in [-0.2, 0) is 0 Å². The topological polar surface area (TPSA) is 0 Å². The van der Waals surface area contributed by atoms with E-state index in [1.165, 1.54) is 5.54 Å². The second kappa shape index (κ2) is 3.31. The zero-order valence-electron chi connectivity index (χ0n) is 4.92. The minimum absolute atomic E-state index is 1.13. The maximum Gasteiger partial charge on any atom is 0.00484 e. The molecule has 1 aromatic rings. The van der Waals surface area contributed by atoms with Crippen LogP contribution < -0.4 is 0 Å². The highest BCUT2D eigenvalue weighted by molar-refractivity contribution is 6.27. The Hall–Kier alpha value is -0.750. The Morgan fingerprint density at radius 1 is 1.11 bits per heavy atom. The molecular weight excluding hydrogens is 132 g/mol. The lowest BCUT2D eigenvalue weighted by Crippen LogP contribution is -1.64. The second-order valence-electron chi connectivity index (χ2n) is 1.70. The van der Waals surface area contributed by atoms with Gasteiger partial charge in [-0.25, -0.2) is 0 Å². The van der Waals surface area contributed by atoms with E-state index in [2.05, 4.69) is 0 Å². The van der Waals surface area contributed by atoms with Crippen LogP contribution in [-0.4, -0.2) is 0 Å². The minimum atomic E-state index is 1.13. The monoisotopic (exact) mass is 138 g/mol. The lowest BCUT2D eigenvalue weighted by atomic mass is 10.2. The second-order valence-corrected chi connectivity index (χ2v) is 1.96. The molecule has 0 saturated carbocycles. The Balaban J connectivity index is 2.85. The van der Waals surface area contributed by atoms with Crippen LogP contribution in [0.15, 0.2) is 35.9 Å². The first kappa shape index (κ1) is 6.37. The number of hydrogen-bond donors (Lipinski definition) is 0. The van der Waals surface area contributed by atoms with Gasteiger partial charge in [0, 0.05) is 5.54 Å². The van der Waals surface area contributed by atoms with Gasteiger partial charge in [-0.1, -0.05) is 41.9 Å². The summed E-state index contributed by atoms with van der Waals surface area (Å²) in [6.07, 6.45) is 1.85. The quantitative estimate of drug-likeness (QED) is 0.560. The molecule has 0 unspecified atom stereocenters. The minimum Gasteiger partial charge on any atom is -0.0929 e. The van der Waals surface area contributed by atoms with Gasteiger partial charge in [-0.2, -0.15) is 0 Å². The van der Waals surface area contributed by atoms with Crippen molar-refractivity contribution in [3.63, 3.8) is 0 Å². The molecule has 46 valence electrons. The van der Waals surface area contributed by atoms with E-state index in [-0.39, 0.29) is 0 Å². The van der Waals surface area contributed by atoms with Crippen molar-refractivity contribution in [2.24, 2.45) is 0 Å². The third kappa shape index (κ3) is 1.90. The molecule has 1 aromatic carbocycles. The Bertz CT molecular complexity index is 189. The summed E-state index contributed by atoms with van der Waals surface area (Å²) in [5, 5.41) is 0. The van der Waals surface area contributed by atoms with E-state index in [4.69, 9.17) is 11.6 Å². The summed E-state index contributed by atoms with van der Waals surface area (Å²) in [4.78, 5) is 0. The summed E-state index contributed by atoms with van der Waals surface area (Å²) in [6, 6.07) is 9.93. The van der Waals surface area contributed by atoms with Gasteiger partial charge in [-0.3, -0.25) is 0 Å². The molecule has 0 atom stereocenters. The fourth-order valence-electron chi connectivity index (χ4n) is 0.637. The van der Waals surface area contributed by atoms with Crippen molar-refractivity contribution in [2.75, 3.05) is 0 Å². The Labute approximate surface area is 59.8 Å². The first-order valence-corrected chi connectivity index (χ1v) is 3.19. The molecule has 0 aromatic heterocycles. The van der Waals surface area contributed by atoms with Crippen LogP contribution in [0.1, 0.15) is 5.56 Å². The molecule has 0 amide bonds. The summed E-state index contributed by atoms with van der Waals surface area (Å²) >= 11 is 5.36. The van der Waals surface area contributed by atoms with Crippen LogP contribution in [0.4, 0.5) is 0 Å². The highest BCUT2D eigenvalue weighted by Gasteiger charge is 1.78. The number of halogens is 1. The third-order valence-electron chi connectivity index (χ3n) is 1.06. The fourth-order valence-corrected chi connectivity index (χ4v) is 0.782. The van der Waals surface area contributed by atoms with Gasteiger partial charge in [0.2, 0.25) is 0 Å². The zero-order valence-corrected chi connectivity index (χ0v) is 5.68. The van der Waals surface area contributed by atoms with Crippen LogP contribution in [0.3, 0.4) is 0 Å². The third-order valence-corrected chi connectivity index (χ3v) is 1.18. The van der Waals surface area contributed by atoms with E-state index in [0.717, 1.165) is 5.56 Å². The molecule has 1 heteroatoms. The summed E-state index contributed by atoms with van der Waals surface area (Å²) in [5.74, 6) is 0. The largest absolute Gasteiger partial charge is 0.0929 e. The first-order chi connectivity index (χ1) is 4.43. The molecule has 0 radical (unpaired) electrons.